The average Bonchev–Trinajstić information content (AvgIpc) is 2.35. The van der Waals surface area contributed by atoms with Crippen LogP contribution in [0.3, 0.4) is 0 Å². The van der Waals surface area contributed by atoms with E-state index in [0.29, 0.717) is 0 Å². The van der Waals surface area contributed by atoms with Crippen molar-refractivity contribution in [3.05, 3.63) is 58.7 Å². The molecule has 0 bridgehead atoms. The van der Waals surface area contributed by atoms with E-state index in [0.717, 1.165) is 0 Å². The van der Waals surface area contributed by atoms with Crippen LogP contribution in [-0.4, -0.2) is 9.52 Å². The SMILES string of the molecule is Cc1cc([SiH2]c2ccccc2)c(C)c(C)c1C. The number of aryl methyl sites for hydroxylation is 1. The normalized spacial score (nSPS) is 11.3. The highest BCUT2D eigenvalue weighted by Gasteiger charge is 2.07. The standard InChI is InChI=1S/C16H20Si/c1-11-10-16(14(4)13(3)12(11)2)17-15-8-6-5-7-9-15/h5-10H,17H2,1-4H3. The van der Waals surface area contributed by atoms with Crippen molar-refractivity contribution in [3.63, 3.8) is 0 Å². The lowest BCUT2D eigenvalue weighted by Gasteiger charge is -2.14. The van der Waals surface area contributed by atoms with Gasteiger partial charge in [0.05, 0.1) is 9.52 Å². The molecule has 0 aliphatic rings. The van der Waals surface area contributed by atoms with Crippen LogP contribution in [0.2, 0.25) is 0 Å². The highest BCUT2D eigenvalue weighted by atomic mass is 28.2. The van der Waals surface area contributed by atoms with Gasteiger partial charge in [0.15, 0.2) is 0 Å². The van der Waals surface area contributed by atoms with Crippen LogP contribution < -0.4 is 10.4 Å². The van der Waals surface area contributed by atoms with E-state index in [2.05, 4.69) is 64.1 Å². The molecular formula is C16H20Si. The van der Waals surface area contributed by atoms with Crippen molar-refractivity contribution in [3.8, 4) is 0 Å². The van der Waals surface area contributed by atoms with Crippen molar-refractivity contribution < 1.29 is 0 Å². The fourth-order valence-corrected chi connectivity index (χ4v) is 4.18. The zero-order valence-electron chi connectivity index (χ0n) is 11.2. The molecule has 88 valence electrons. The van der Waals surface area contributed by atoms with Crippen LogP contribution in [0.25, 0.3) is 0 Å². The van der Waals surface area contributed by atoms with Gasteiger partial charge >= 0.3 is 0 Å². The third-order valence-electron chi connectivity index (χ3n) is 3.83. The van der Waals surface area contributed by atoms with Crippen LogP contribution in [0.4, 0.5) is 0 Å². The molecule has 0 unspecified atom stereocenters. The number of benzene rings is 2. The molecule has 0 spiro atoms. The third-order valence-corrected chi connectivity index (χ3v) is 5.82. The van der Waals surface area contributed by atoms with Gasteiger partial charge in [0, 0.05) is 0 Å². The minimum absolute atomic E-state index is 0.322. The maximum Gasteiger partial charge on any atom is 0.0878 e. The maximum absolute atomic E-state index is 2.40. The number of hydrogen-bond donors (Lipinski definition) is 0. The van der Waals surface area contributed by atoms with Gasteiger partial charge in [-0.3, -0.25) is 0 Å². The van der Waals surface area contributed by atoms with E-state index in [-0.39, 0.29) is 9.52 Å². The van der Waals surface area contributed by atoms with E-state index in [4.69, 9.17) is 0 Å². The van der Waals surface area contributed by atoms with Crippen molar-refractivity contribution in [2.45, 2.75) is 27.7 Å². The molecule has 0 atom stereocenters. The van der Waals surface area contributed by atoms with E-state index >= 15 is 0 Å². The van der Waals surface area contributed by atoms with Gasteiger partial charge in [-0.1, -0.05) is 46.8 Å². The van der Waals surface area contributed by atoms with Crippen molar-refractivity contribution in [1.82, 2.24) is 0 Å². The van der Waals surface area contributed by atoms with Crippen LogP contribution in [0.1, 0.15) is 22.3 Å². The Kier molecular flexibility index (Phi) is 3.48. The summed E-state index contributed by atoms with van der Waals surface area (Å²) in [6.45, 7) is 8.98. The number of rotatable bonds is 2. The molecule has 17 heavy (non-hydrogen) atoms. The first-order valence-corrected chi connectivity index (χ1v) is 7.61. The van der Waals surface area contributed by atoms with Crippen molar-refractivity contribution in [1.29, 1.82) is 0 Å². The summed E-state index contributed by atoms with van der Waals surface area (Å²) in [5.74, 6) is 0. The first kappa shape index (κ1) is 12.1. The monoisotopic (exact) mass is 240 g/mol. The summed E-state index contributed by atoms with van der Waals surface area (Å²) in [6, 6.07) is 13.3. The smallest absolute Gasteiger partial charge is 0.0633 e. The summed E-state index contributed by atoms with van der Waals surface area (Å²) in [4.78, 5) is 0. The topological polar surface area (TPSA) is 0 Å². The van der Waals surface area contributed by atoms with Crippen LogP contribution in [-0.2, 0) is 0 Å². The second-order valence-electron chi connectivity index (χ2n) is 4.89. The maximum atomic E-state index is 2.40. The molecule has 0 aromatic heterocycles. The highest BCUT2D eigenvalue weighted by Crippen LogP contribution is 2.14. The van der Waals surface area contributed by atoms with Crippen molar-refractivity contribution >= 4 is 19.9 Å². The molecule has 0 amide bonds. The predicted molar refractivity (Wildman–Crippen MR) is 79.6 cm³/mol. The Morgan fingerprint density at radius 2 is 1.41 bits per heavy atom. The molecule has 0 N–H and O–H groups in total. The highest BCUT2D eigenvalue weighted by molar-refractivity contribution is 6.67. The second kappa shape index (κ2) is 4.88. The Balaban J connectivity index is 2.41. The number of hydrogen-bond acceptors (Lipinski definition) is 0. The summed E-state index contributed by atoms with van der Waals surface area (Å²) in [5.41, 5.74) is 5.87. The molecule has 0 fully saturated rings. The fraction of sp³-hybridized carbons (Fsp3) is 0.250. The molecule has 0 heterocycles. The molecule has 0 nitrogen and oxygen atoms in total. The van der Waals surface area contributed by atoms with E-state index in [9.17, 15) is 0 Å². The summed E-state index contributed by atoms with van der Waals surface area (Å²) >= 11 is 0. The second-order valence-corrected chi connectivity index (χ2v) is 6.82. The molecule has 0 saturated heterocycles. The Morgan fingerprint density at radius 3 is 2.06 bits per heavy atom. The quantitative estimate of drug-likeness (QED) is 0.705. The van der Waals surface area contributed by atoms with Gasteiger partial charge in [0.1, 0.15) is 0 Å². The third kappa shape index (κ3) is 2.50. The molecule has 2 aromatic carbocycles. The predicted octanol–water partition coefficient (Wildman–Crippen LogP) is 2.04. The Morgan fingerprint density at radius 1 is 0.765 bits per heavy atom. The molecular weight excluding hydrogens is 220 g/mol. The minimum atomic E-state index is -0.322. The average molecular weight is 240 g/mol. The van der Waals surface area contributed by atoms with Gasteiger partial charge in [-0.2, -0.15) is 0 Å². The van der Waals surface area contributed by atoms with Crippen molar-refractivity contribution in [2.24, 2.45) is 0 Å². The summed E-state index contributed by atoms with van der Waals surface area (Å²) in [7, 11) is -0.322. The molecule has 0 radical (unpaired) electrons. The molecule has 1 heteroatoms. The van der Waals surface area contributed by atoms with Gasteiger partial charge in [-0.25, -0.2) is 0 Å². The van der Waals surface area contributed by atoms with Gasteiger partial charge in [0.2, 0.25) is 0 Å². The van der Waals surface area contributed by atoms with Gasteiger partial charge in [-0.05, 0) is 49.9 Å². The fourth-order valence-electron chi connectivity index (χ4n) is 2.30. The minimum Gasteiger partial charge on any atom is -0.0633 e. The first-order chi connectivity index (χ1) is 8.09. The zero-order valence-corrected chi connectivity index (χ0v) is 12.6. The molecule has 0 aliphatic heterocycles. The van der Waals surface area contributed by atoms with Crippen LogP contribution in [0.5, 0.6) is 0 Å². The molecule has 2 rings (SSSR count). The van der Waals surface area contributed by atoms with E-state index in [1.807, 2.05) is 0 Å². The molecule has 0 saturated carbocycles. The largest absolute Gasteiger partial charge is 0.0878 e. The lowest BCUT2D eigenvalue weighted by molar-refractivity contribution is 1.23. The van der Waals surface area contributed by atoms with Gasteiger partial charge < -0.3 is 0 Å². The zero-order chi connectivity index (χ0) is 12.4. The Bertz CT molecular complexity index is 527. The first-order valence-electron chi connectivity index (χ1n) is 6.20. The summed E-state index contributed by atoms with van der Waals surface area (Å²) in [6.07, 6.45) is 0. The summed E-state index contributed by atoms with van der Waals surface area (Å²) < 4.78 is 0. The Hall–Kier alpha value is -1.34. The van der Waals surface area contributed by atoms with Crippen LogP contribution >= 0.6 is 0 Å². The van der Waals surface area contributed by atoms with Gasteiger partial charge in [0.25, 0.3) is 0 Å². The lowest BCUT2D eigenvalue weighted by atomic mass is 10.00. The van der Waals surface area contributed by atoms with E-state index < -0.39 is 0 Å². The lowest BCUT2D eigenvalue weighted by Crippen LogP contribution is -2.30. The van der Waals surface area contributed by atoms with E-state index in [1.54, 1.807) is 5.19 Å². The molecule has 2 aromatic rings. The van der Waals surface area contributed by atoms with Crippen LogP contribution in [0.15, 0.2) is 36.4 Å². The van der Waals surface area contributed by atoms with E-state index in [1.165, 1.54) is 27.4 Å². The molecule has 0 aliphatic carbocycles. The summed E-state index contributed by atoms with van der Waals surface area (Å²) in [5, 5.41) is 3.12. The van der Waals surface area contributed by atoms with Crippen molar-refractivity contribution in [2.75, 3.05) is 0 Å². The Labute approximate surface area is 107 Å². The van der Waals surface area contributed by atoms with Gasteiger partial charge in [-0.15, -0.1) is 0 Å². The van der Waals surface area contributed by atoms with Crippen LogP contribution in [0, 0.1) is 27.7 Å².